The molecule has 1 aromatic carbocycles. The zero-order valence-corrected chi connectivity index (χ0v) is 12.8. The van der Waals surface area contributed by atoms with Crippen molar-refractivity contribution in [3.63, 3.8) is 0 Å². The Morgan fingerprint density at radius 1 is 1.05 bits per heavy atom. The summed E-state index contributed by atoms with van der Waals surface area (Å²) in [5.74, 6) is 0.967. The predicted molar refractivity (Wildman–Crippen MR) is 89.3 cm³/mol. The highest BCUT2D eigenvalue weighted by Crippen LogP contribution is 2.22. The van der Waals surface area contributed by atoms with Gasteiger partial charge in [0.15, 0.2) is 0 Å². The van der Waals surface area contributed by atoms with Crippen LogP contribution >= 0.6 is 11.6 Å². The van der Waals surface area contributed by atoms with Gasteiger partial charge in [0.05, 0.1) is 0 Å². The smallest absolute Gasteiger partial charge is 0.130 e. The van der Waals surface area contributed by atoms with Crippen LogP contribution in [0.2, 0.25) is 5.02 Å². The van der Waals surface area contributed by atoms with Gasteiger partial charge >= 0.3 is 0 Å². The monoisotopic (exact) mass is 302 g/mol. The van der Waals surface area contributed by atoms with E-state index in [-0.39, 0.29) is 0 Å². The quantitative estimate of drug-likeness (QED) is 0.926. The standard InChI is InChI=1S/C16H19ClN4/c1-12-11-19-16(10-15(12)18)21-8-6-20(7-9-21)14-4-2-13(17)3-5-14/h2-5,10-11H,6-9H2,1H3,(H2,18,19). The van der Waals surface area contributed by atoms with Crippen LogP contribution in [0.1, 0.15) is 5.56 Å². The highest BCUT2D eigenvalue weighted by atomic mass is 35.5. The normalized spacial score (nSPS) is 15.3. The Bertz CT molecular complexity index is 619. The van der Waals surface area contributed by atoms with Gasteiger partial charge < -0.3 is 15.5 Å². The van der Waals surface area contributed by atoms with Crippen LogP contribution in [-0.4, -0.2) is 31.2 Å². The molecule has 1 aliphatic rings. The summed E-state index contributed by atoms with van der Waals surface area (Å²) in [6.07, 6.45) is 1.84. The van der Waals surface area contributed by atoms with Gasteiger partial charge in [-0.15, -0.1) is 0 Å². The maximum atomic E-state index is 5.97. The SMILES string of the molecule is Cc1cnc(N2CCN(c3ccc(Cl)cc3)CC2)cc1N. The van der Waals surface area contributed by atoms with Crippen molar-refractivity contribution in [2.45, 2.75) is 6.92 Å². The van der Waals surface area contributed by atoms with E-state index in [0.29, 0.717) is 0 Å². The summed E-state index contributed by atoms with van der Waals surface area (Å²) in [6.45, 7) is 5.80. The number of benzene rings is 1. The first-order valence-corrected chi connectivity index (χ1v) is 7.49. The lowest BCUT2D eigenvalue weighted by Gasteiger charge is -2.36. The van der Waals surface area contributed by atoms with Crippen LogP contribution < -0.4 is 15.5 Å². The number of hydrogen-bond acceptors (Lipinski definition) is 4. The third kappa shape index (κ3) is 3.05. The van der Waals surface area contributed by atoms with E-state index in [1.54, 1.807) is 0 Å². The number of aromatic nitrogens is 1. The molecule has 3 rings (SSSR count). The van der Waals surface area contributed by atoms with Crippen molar-refractivity contribution in [3.05, 3.63) is 47.1 Å². The lowest BCUT2D eigenvalue weighted by molar-refractivity contribution is 0.647. The van der Waals surface area contributed by atoms with Gasteiger partial charge in [0.1, 0.15) is 5.82 Å². The summed E-state index contributed by atoms with van der Waals surface area (Å²) in [7, 11) is 0. The molecule has 1 fully saturated rings. The molecule has 4 nitrogen and oxygen atoms in total. The highest BCUT2D eigenvalue weighted by molar-refractivity contribution is 6.30. The van der Waals surface area contributed by atoms with Crippen molar-refractivity contribution in [1.29, 1.82) is 0 Å². The number of anilines is 3. The van der Waals surface area contributed by atoms with Gasteiger partial charge in [-0.25, -0.2) is 4.98 Å². The lowest BCUT2D eigenvalue weighted by atomic mass is 10.2. The van der Waals surface area contributed by atoms with E-state index < -0.39 is 0 Å². The number of pyridine rings is 1. The zero-order chi connectivity index (χ0) is 14.8. The molecule has 1 aliphatic heterocycles. The van der Waals surface area contributed by atoms with E-state index in [2.05, 4.69) is 26.9 Å². The Morgan fingerprint density at radius 2 is 1.67 bits per heavy atom. The number of nitrogen functional groups attached to an aromatic ring is 1. The Hall–Kier alpha value is -1.94. The molecule has 1 aromatic heterocycles. The number of nitrogens with zero attached hydrogens (tertiary/aromatic N) is 3. The average molecular weight is 303 g/mol. The Labute approximate surface area is 130 Å². The zero-order valence-electron chi connectivity index (χ0n) is 12.1. The molecule has 2 N–H and O–H groups in total. The second-order valence-corrected chi connectivity index (χ2v) is 5.79. The van der Waals surface area contributed by atoms with Crippen molar-refractivity contribution >= 4 is 28.8 Å². The summed E-state index contributed by atoms with van der Waals surface area (Å²) in [5, 5.41) is 0.775. The topological polar surface area (TPSA) is 45.4 Å². The van der Waals surface area contributed by atoms with E-state index in [4.69, 9.17) is 17.3 Å². The minimum atomic E-state index is 0.775. The number of piperazine rings is 1. The second kappa shape index (κ2) is 5.82. The van der Waals surface area contributed by atoms with Crippen molar-refractivity contribution in [1.82, 2.24) is 4.98 Å². The van der Waals surface area contributed by atoms with Gasteiger partial charge in [0, 0.05) is 54.8 Å². The maximum absolute atomic E-state index is 5.97. The van der Waals surface area contributed by atoms with Gasteiger partial charge in [-0.05, 0) is 36.8 Å². The molecule has 0 amide bonds. The minimum Gasteiger partial charge on any atom is -0.398 e. The average Bonchev–Trinajstić information content (AvgIpc) is 2.51. The number of halogens is 1. The van der Waals surface area contributed by atoms with Gasteiger partial charge in [-0.3, -0.25) is 0 Å². The van der Waals surface area contributed by atoms with Crippen molar-refractivity contribution in [3.8, 4) is 0 Å². The fourth-order valence-electron chi connectivity index (χ4n) is 2.55. The first kappa shape index (κ1) is 14.0. The van der Waals surface area contributed by atoms with E-state index >= 15 is 0 Å². The molecule has 2 aromatic rings. The molecule has 0 radical (unpaired) electrons. The molecule has 0 spiro atoms. The maximum Gasteiger partial charge on any atom is 0.130 e. The van der Waals surface area contributed by atoms with E-state index in [9.17, 15) is 0 Å². The minimum absolute atomic E-state index is 0.775. The number of rotatable bonds is 2. The molecule has 110 valence electrons. The van der Waals surface area contributed by atoms with Crippen LogP contribution in [0.25, 0.3) is 0 Å². The number of aryl methyl sites for hydroxylation is 1. The molecule has 5 heteroatoms. The van der Waals surface area contributed by atoms with Crippen molar-refractivity contribution in [2.24, 2.45) is 0 Å². The van der Waals surface area contributed by atoms with E-state index in [1.807, 2.05) is 31.3 Å². The van der Waals surface area contributed by atoms with Crippen LogP contribution in [0.3, 0.4) is 0 Å². The van der Waals surface area contributed by atoms with E-state index in [0.717, 1.165) is 48.3 Å². The van der Waals surface area contributed by atoms with Gasteiger partial charge in [-0.2, -0.15) is 0 Å². The second-order valence-electron chi connectivity index (χ2n) is 5.35. The fourth-order valence-corrected chi connectivity index (χ4v) is 2.67. The summed E-state index contributed by atoms with van der Waals surface area (Å²) < 4.78 is 0. The summed E-state index contributed by atoms with van der Waals surface area (Å²) in [5.41, 5.74) is 9.02. The first-order chi connectivity index (χ1) is 10.1. The number of hydrogen-bond donors (Lipinski definition) is 1. The third-order valence-electron chi connectivity index (χ3n) is 3.93. The molecule has 0 aliphatic carbocycles. The van der Waals surface area contributed by atoms with Gasteiger partial charge in [-0.1, -0.05) is 11.6 Å². The Morgan fingerprint density at radius 3 is 2.29 bits per heavy atom. The molecule has 0 bridgehead atoms. The Kier molecular flexibility index (Phi) is 3.88. The molecule has 0 atom stereocenters. The number of nitrogens with two attached hydrogens (primary N) is 1. The van der Waals surface area contributed by atoms with Gasteiger partial charge in [0.2, 0.25) is 0 Å². The molecule has 2 heterocycles. The highest BCUT2D eigenvalue weighted by Gasteiger charge is 2.18. The predicted octanol–water partition coefficient (Wildman–Crippen LogP) is 2.95. The van der Waals surface area contributed by atoms with Crippen LogP contribution in [0.5, 0.6) is 0 Å². The summed E-state index contributed by atoms with van der Waals surface area (Å²) >= 11 is 5.93. The first-order valence-electron chi connectivity index (χ1n) is 7.11. The fraction of sp³-hybridized carbons (Fsp3) is 0.312. The van der Waals surface area contributed by atoms with Crippen LogP contribution in [0.15, 0.2) is 36.5 Å². The van der Waals surface area contributed by atoms with Crippen LogP contribution in [0.4, 0.5) is 17.2 Å². The molecular weight excluding hydrogens is 284 g/mol. The molecule has 0 unspecified atom stereocenters. The Balaban J connectivity index is 1.67. The van der Waals surface area contributed by atoms with Crippen molar-refractivity contribution in [2.75, 3.05) is 41.7 Å². The van der Waals surface area contributed by atoms with Crippen LogP contribution in [-0.2, 0) is 0 Å². The molecule has 0 saturated carbocycles. The van der Waals surface area contributed by atoms with Gasteiger partial charge in [0.25, 0.3) is 0 Å². The molecular formula is C16H19ClN4. The summed E-state index contributed by atoms with van der Waals surface area (Å²) in [4.78, 5) is 9.13. The largest absolute Gasteiger partial charge is 0.398 e. The van der Waals surface area contributed by atoms with Crippen LogP contribution in [0, 0.1) is 6.92 Å². The third-order valence-corrected chi connectivity index (χ3v) is 4.18. The van der Waals surface area contributed by atoms with Crippen molar-refractivity contribution < 1.29 is 0 Å². The van der Waals surface area contributed by atoms with E-state index in [1.165, 1.54) is 5.69 Å². The lowest BCUT2D eigenvalue weighted by Crippen LogP contribution is -2.46. The summed E-state index contributed by atoms with van der Waals surface area (Å²) in [6, 6.07) is 9.98. The molecule has 1 saturated heterocycles. The molecule has 21 heavy (non-hydrogen) atoms.